The first-order chi connectivity index (χ1) is 10.0. The summed E-state index contributed by atoms with van der Waals surface area (Å²) in [6, 6.07) is 6.25. The van der Waals surface area contributed by atoms with Crippen molar-refractivity contribution in [2.24, 2.45) is 5.41 Å². The van der Waals surface area contributed by atoms with Crippen molar-refractivity contribution in [1.29, 1.82) is 0 Å². The fourth-order valence-electron chi connectivity index (χ4n) is 2.12. The number of rotatable bonds is 3. The van der Waals surface area contributed by atoms with E-state index < -0.39 is 18.0 Å². The van der Waals surface area contributed by atoms with Gasteiger partial charge in [-0.1, -0.05) is 24.1 Å². The van der Waals surface area contributed by atoms with Gasteiger partial charge in [0.25, 0.3) is 11.8 Å². The summed E-state index contributed by atoms with van der Waals surface area (Å²) >= 11 is 0. The molecule has 1 fully saturated rings. The molecule has 2 aliphatic heterocycles. The molecule has 110 valence electrons. The zero-order chi connectivity index (χ0) is 15.0. The Morgan fingerprint density at radius 3 is 2.29 bits per heavy atom. The molecule has 0 spiro atoms. The average Bonchev–Trinajstić information content (AvgIpc) is 2.69. The van der Waals surface area contributed by atoms with Gasteiger partial charge in [-0.25, -0.2) is 4.79 Å². The van der Waals surface area contributed by atoms with Gasteiger partial charge >= 0.3 is 6.16 Å². The molecule has 2 amide bonds. The van der Waals surface area contributed by atoms with Gasteiger partial charge in [-0.15, -0.1) is 0 Å². The monoisotopic (exact) mass is 291 g/mol. The van der Waals surface area contributed by atoms with E-state index in [-0.39, 0.29) is 23.1 Å². The van der Waals surface area contributed by atoms with E-state index in [0.717, 1.165) is 0 Å². The molecule has 0 aromatic heterocycles. The van der Waals surface area contributed by atoms with Crippen LogP contribution in [-0.2, 0) is 14.3 Å². The van der Waals surface area contributed by atoms with Crippen LogP contribution in [0, 0.1) is 5.41 Å². The maximum Gasteiger partial charge on any atom is 0.533 e. The predicted octanol–water partition coefficient (Wildman–Crippen LogP) is 1.39. The van der Waals surface area contributed by atoms with Gasteiger partial charge in [0.1, 0.15) is 6.61 Å². The lowest BCUT2D eigenvalue weighted by atomic mass is 9.90. The lowest BCUT2D eigenvalue weighted by Gasteiger charge is -2.36. The van der Waals surface area contributed by atoms with Crippen molar-refractivity contribution < 1.29 is 28.7 Å². The van der Waals surface area contributed by atoms with Crippen LogP contribution in [-0.4, -0.2) is 42.9 Å². The molecule has 0 radical (unpaired) electrons. The summed E-state index contributed by atoms with van der Waals surface area (Å²) in [6.07, 6.45) is -1.09. The first kappa shape index (κ1) is 13.6. The Morgan fingerprint density at radius 1 is 1.24 bits per heavy atom. The minimum Gasteiger partial charge on any atom is -0.432 e. The molecule has 0 aliphatic carbocycles. The highest BCUT2D eigenvalue weighted by atomic mass is 16.8. The van der Waals surface area contributed by atoms with E-state index >= 15 is 0 Å². The molecule has 1 aromatic rings. The molecular weight excluding hydrogens is 278 g/mol. The zero-order valence-corrected chi connectivity index (χ0v) is 11.3. The lowest BCUT2D eigenvalue weighted by Crippen LogP contribution is -2.44. The number of nitrogens with zero attached hydrogens (tertiary/aromatic N) is 1. The molecule has 2 heterocycles. The van der Waals surface area contributed by atoms with E-state index in [4.69, 9.17) is 14.3 Å². The first-order valence-electron chi connectivity index (χ1n) is 6.40. The van der Waals surface area contributed by atoms with Crippen molar-refractivity contribution in [2.45, 2.75) is 6.92 Å². The number of hydrogen-bond acceptors (Lipinski definition) is 6. The van der Waals surface area contributed by atoms with Crippen molar-refractivity contribution in [3.8, 4) is 0 Å². The van der Waals surface area contributed by atoms with Gasteiger partial charge in [-0.2, -0.15) is 0 Å². The summed E-state index contributed by atoms with van der Waals surface area (Å²) in [5.41, 5.74) is 0.172. The Balaban J connectivity index is 1.62. The Bertz CT molecular complexity index is 587. The quantitative estimate of drug-likeness (QED) is 0.618. The molecule has 1 aromatic carbocycles. The number of imide groups is 1. The van der Waals surface area contributed by atoms with Crippen molar-refractivity contribution in [1.82, 2.24) is 5.06 Å². The normalized spacial score (nSPS) is 19.0. The minimum absolute atomic E-state index is 0.106. The van der Waals surface area contributed by atoms with Crippen LogP contribution >= 0.6 is 0 Å². The largest absolute Gasteiger partial charge is 0.533 e. The second kappa shape index (κ2) is 4.85. The molecular formula is C14H13NO6. The predicted molar refractivity (Wildman–Crippen MR) is 68.3 cm³/mol. The van der Waals surface area contributed by atoms with E-state index in [1.165, 1.54) is 12.1 Å². The summed E-state index contributed by atoms with van der Waals surface area (Å²) in [6.45, 7) is 2.99. The number of ether oxygens (including phenoxy) is 2. The molecule has 0 saturated carbocycles. The van der Waals surface area contributed by atoms with Crippen LogP contribution in [0.4, 0.5) is 4.79 Å². The highest BCUT2D eigenvalue weighted by molar-refractivity contribution is 6.20. The number of amides is 2. The van der Waals surface area contributed by atoms with E-state index in [2.05, 4.69) is 0 Å². The van der Waals surface area contributed by atoms with Crippen LogP contribution in [0.2, 0.25) is 0 Å². The fraction of sp³-hybridized carbons (Fsp3) is 0.357. The second-order valence-electron chi connectivity index (χ2n) is 5.38. The fourth-order valence-corrected chi connectivity index (χ4v) is 2.12. The average molecular weight is 291 g/mol. The van der Waals surface area contributed by atoms with Crippen LogP contribution in [0.5, 0.6) is 0 Å². The van der Waals surface area contributed by atoms with Crippen LogP contribution in [0.3, 0.4) is 0 Å². The van der Waals surface area contributed by atoms with Crippen LogP contribution in [0.1, 0.15) is 27.6 Å². The molecule has 2 aliphatic rings. The van der Waals surface area contributed by atoms with Crippen LogP contribution in [0.15, 0.2) is 24.3 Å². The zero-order valence-electron chi connectivity index (χ0n) is 11.3. The highest BCUT2D eigenvalue weighted by Crippen LogP contribution is 2.27. The molecule has 1 saturated heterocycles. The van der Waals surface area contributed by atoms with Gasteiger partial charge in [-0.05, 0) is 12.1 Å². The van der Waals surface area contributed by atoms with Crippen molar-refractivity contribution in [2.75, 3.05) is 19.8 Å². The topological polar surface area (TPSA) is 82.1 Å². The third-order valence-electron chi connectivity index (χ3n) is 3.36. The van der Waals surface area contributed by atoms with Gasteiger partial charge in [0.2, 0.25) is 0 Å². The lowest BCUT2D eigenvalue weighted by molar-refractivity contribution is -0.141. The van der Waals surface area contributed by atoms with Crippen molar-refractivity contribution in [3.05, 3.63) is 35.4 Å². The Kier molecular flexibility index (Phi) is 3.13. The number of hydrogen-bond donors (Lipinski definition) is 0. The van der Waals surface area contributed by atoms with Gasteiger partial charge in [-0.3, -0.25) is 14.4 Å². The van der Waals surface area contributed by atoms with Crippen LogP contribution in [0.25, 0.3) is 0 Å². The Hall–Kier alpha value is -2.41. The number of fused-ring (bicyclic) bond motifs is 1. The van der Waals surface area contributed by atoms with E-state index in [1.54, 1.807) is 12.1 Å². The molecule has 0 unspecified atom stereocenters. The minimum atomic E-state index is -1.09. The SMILES string of the molecule is CC1(COC(=O)ON2C(=O)c3ccccc3C2=O)COC1. The molecule has 7 nitrogen and oxygen atoms in total. The highest BCUT2D eigenvalue weighted by Gasteiger charge is 2.40. The summed E-state index contributed by atoms with van der Waals surface area (Å²) in [7, 11) is 0. The van der Waals surface area contributed by atoms with Crippen molar-refractivity contribution in [3.63, 3.8) is 0 Å². The maximum absolute atomic E-state index is 12.0. The third kappa shape index (κ3) is 2.36. The summed E-state index contributed by atoms with van der Waals surface area (Å²) in [5.74, 6) is -1.35. The van der Waals surface area contributed by atoms with E-state index in [1.807, 2.05) is 6.92 Å². The smallest absolute Gasteiger partial charge is 0.432 e. The molecule has 0 bridgehead atoms. The Labute approximate surface area is 120 Å². The molecule has 21 heavy (non-hydrogen) atoms. The number of hydroxylamine groups is 2. The standard InChI is InChI=1S/C14H13NO6/c1-14(6-19-7-14)8-20-13(18)21-15-11(16)9-4-2-3-5-10(9)12(15)17/h2-5H,6-8H2,1H3. The van der Waals surface area contributed by atoms with Gasteiger partial charge in [0, 0.05) is 5.41 Å². The molecule has 0 N–H and O–H groups in total. The van der Waals surface area contributed by atoms with Gasteiger partial charge in [0.15, 0.2) is 0 Å². The molecule has 0 atom stereocenters. The third-order valence-corrected chi connectivity index (χ3v) is 3.36. The van der Waals surface area contributed by atoms with Crippen molar-refractivity contribution >= 4 is 18.0 Å². The molecule has 3 rings (SSSR count). The summed E-state index contributed by atoms with van der Waals surface area (Å²) < 4.78 is 9.95. The number of benzene rings is 1. The van der Waals surface area contributed by atoms with E-state index in [0.29, 0.717) is 18.3 Å². The molecule has 7 heteroatoms. The Morgan fingerprint density at radius 2 is 1.81 bits per heavy atom. The first-order valence-corrected chi connectivity index (χ1v) is 6.40. The maximum atomic E-state index is 12.0. The van der Waals surface area contributed by atoms with E-state index in [9.17, 15) is 14.4 Å². The van der Waals surface area contributed by atoms with Crippen LogP contribution < -0.4 is 0 Å². The number of carbonyl (C=O) groups is 3. The number of carbonyl (C=O) groups excluding carboxylic acids is 3. The van der Waals surface area contributed by atoms with Gasteiger partial charge in [0.05, 0.1) is 24.3 Å². The summed E-state index contributed by atoms with van der Waals surface area (Å²) in [5, 5.41) is 0.423. The summed E-state index contributed by atoms with van der Waals surface area (Å²) in [4.78, 5) is 40.2. The van der Waals surface area contributed by atoms with Gasteiger partial charge < -0.3 is 9.47 Å². The second-order valence-corrected chi connectivity index (χ2v) is 5.38.